The maximum atomic E-state index is 13.3. The van der Waals surface area contributed by atoms with E-state index in [1.54, 1.807) is 0 Å². The molecule has 1 N–H and O–H groups in total. The van der Waals surface area contributed by atoms with Crippen molar-refractivity contribution in [3.63, 3.8) is 0 Å². The second kappa shape index (κ2) is 9.64. The van der Waals surface area contributed by atoms with Crippen LogP contribution in [0.4, 0.5) is 8.78 Å². The zero-order valence-electron chi connectivity index (χ0n) is 15.3. The van der Waals surface area contributed by atoms with Crippen molar-refractivity contribution in [1.82, 2.24) is 10.2 Å². The second-order valence-electron chi connectivity index (χ2n) is 6.06. The van der Waals surface area contributed by atoms with Gasteiger partial charge in [0.1, 0.15) is 11.6 Å². The van der Waals surface area contributed by atoms with E-state index in [1.807, 2.05) is 38.1 Å². The Morgan fingerprint density at radius 2 is 1.44 bits per heavy atom. The van der Waals surface area contributed by atoms with E-state index in [0.717, 1.165) is 37.2 Å². The van der Waals surface area contributed by atoms with Gasteiger partial charge in [-0.05, 0) is 41.8 Å². The van der Waals surface area contributed by atoms with Crippen LogP contribution in [-0.2, 0) is 0 Å². The van der Waals surface area contributed by atoms with Crippen molar-refractivity contribution in [3.8, 4) is 0 Å². The predicted octanol–water partition coefficient (Wildman–Crippen LogP) is 4.76. The third-order valence-electron chi connectivity index (χ3n) is 4.52. The van der Waals surface area contributed by atoms with Crippen molar-refractivity contribution in [2.24, 2.45) is 0 Å². The van der Waals surface area contributed by atoms with Gasteiger partial charge in [-0.3, -0.25) is 4.90 Å². The van der Waals surface area contributed by atoms with Crippen LogP contribution in [0.2, 0.25) is 0 Å². The van der Waals surface area contributed by atoms with Crippen LogP contribution in [0, 0.1) is 11.6 Å². The zero-order valence-corrected chi connectivity index (χ0v) is 15.3. The van der Waals surface area contributed by atoms with Crippen molar-refractivity contribution in [2.45, 2.75) is 39.3 Å². The van der Waals surface area contributed by atoms with Crippen molar-refractivity contribution in [3.05, 3.63) is 71.3 Å². The minimum Gasteiger partial charge on any atom is -0.311 e. The Bertz CT molecular complexity index is 580. The van der Waals surface area contributed by atoms with Gasteiger partial charge in [-0.15, -0.1) is 0 Å². The summed E-state index contributed by atoms with van der Waals surface area (Å²) in [6, 6.07) is 13.7. The Morgan fingerprint density at radius 3 is 1.88 bits per heavy atom. The lowest BCUT2D eigenvalue weighted by atomic mass is 9.95. The minimum absolute atomic E-state index is 0.0207. The summed E-state index contributed by atoms with van der Waals surface area (Å²) in [7, 11) is 0. The Hall–Kier alpha value is -1.78. The van der Waals surface area contributed by atoms with E-state index in [4.69, 9.17) is 0 Å². The first-order valence-corrected chi connectivity index (χ1v) is 9.15. The van der Waals surface area contributed by atoms with Gasteiger partial charge in [-0.25, -0.2) is 8.78 Å². The number of nitrogens with one attached hydrogen (secondary N) is 1. The highest BCUT2D eigenvalue weighted by molar-refractivity contribution is 5.32. The summed E-state index contributed by atoms with van der Waals surface area (Å²) in [6.07, 6.45) is 1.07. The molecule has 1 fully saturated rings. The third-order valence-corrected chi connectivity index (χ3v) is 4.52. The summed E-state index contributed by atoms with van der Waals surface area (Å²) < 4.78 is 26.6. The van der Waals surface area contributed by atoms with E-state index in [1.165, 1.54) is 24.3 Å². The first kappa shape index (κ1) is 19.5. The van der Waals surface area contributed by atoms with Gasteiger partial charge in [-0.1, -0.05) is 45.0 Å². The van der Waals surface area contributed by atoms with Gasteiger partial charge in [0.05, 0.1) is 6.04 Å². The van der Waals surface area contributed by atoms with Crippen molar-refractivity contribution >= 4 is 0 Å². The lowest BCUT2D eigenvalue weighted by Gasteiger charge is -2.39. The summed E-state index contributed by atoms with van der Waals surface area (Å²) >= 11 is 0. The number of nitrogens with zero attached hydrogens (tertiary/aromatic N) is 1. The van der Waals surface area contributed by atoms with Gasteiger partial charge in [-0.2, -0.15) is 0 Å². The standard InChI is InChI=1S/C19H22F2N2.C2H6/c1-2-18-13-23(12-11-22-18)19(14-3-7-16(20)8-4-14)15-5-9-17(21)10-6-15;1-2/h3-10,18-19,22H,2,11-13H2,1H3;1-2H3. The fourth-order valence-corrected chi connectivity index (χ4v) is 3.26. The molecule has 4 heteroatoms. The van der Waals surface area contributed by atoms with Crippen LogP contribution in [-0.4, -0.2) is 30.6 Å². The van der Waals surface area contributed by atoms with Gasteiger partial charge < -0.3 is 5.32 Å². The minimum atomic E-state index is -0.238. The molecule has 1 saturated heterocycles. The maximum absolute atomic E-state index is 13.3. The number of rotatable bonds is 4. The molecule has 1 unspecified atom stereocenters. The highest BCUT2D eigenvalue weighted by atomic mass is 19.1. The van der Waals surface area contributed by atoms with E-state index in [-0.39, 0.29) is 17.7 Å². The average molecular weight is 346 g/mol. The van der Waals surface area contributed by atoms with Gasteiger partial charge in [0.2, 0.25) is 0 Å². The summed E-state index contributed by atoms with van der Waals surface area (Å²) in [5.41, 5.74) is 2.07. The largest absolute Gasteiger partial charge is 0.311 e. The lowest BCUT2D eigenvalue weighted by Crippen LogP contribution is -2.51. The maximum Gasteiger partial charge on any atom is 0.123 e. The molecule has 1 aliphatic rings. The Labute approximate surface area is 149 Å². The Morgan fingerprint density at radius 1 is 0.960 bits per heavy atom. The smallest absolute Gasteiger partial charge is 0.123 e. The summed E-state index contributed by atoms with van der Waals surface area (Å²) in [4.78, 5) is 2.39. The molecule has 0 aliphatic carbocycles. The molecule has 2 aromatic carbocycles. The predicted molar refractivity (Wildman–Crippen MR) is 99.6 cm³/mol. The topological polar surface area (TPSA) is 15.3 Å². The molecule has 0 amide bonds. The highest BCUT2D eigenvalue weighted by Gasteiger charge is 2.27. The van der Waals surface area contributed by atoms with Crippen LogP contribution in [0.3, 0.4) is 0 Å². The van der Waals surface area contributed by atoms with Gasteiger partial charge in [0.25, 0.3) is 0 Å². The van der Waals surface area contributed by atoms with Crippen molar-refractivity contribution in [1.29, 1.82) is 0 Å². The highest BCUT2D eigenvalue weighted by Crippen LogP contribution is 2.30. The molecule has 25 heavy (non-hydrogen) atoms. The molecule has 1 atom stereocenters. The fraction of sp³-hybridized carbons (Fsp3) is 0.429. The number of hydrogen-bond acceptors (Lipinski definition) is 2. The molecule has 3 rings (SSSR count). The quantitative estimate of drug-likeness (QED) is 0.858. The van der Waals surface area contributed by atoms with Crippen LogP contribution in [0.1, 0.15) is 44.4 Å². The van der Waals surface area contributed by atoms with E-state index in [2.05, 4.69) is 17.1 Å². The monoisotopic (exact) mass is 346 g/mol. The molecule has 0 bridgehead atoms. The van der Waals surface area contributed by atoms with Crippen molar-refractivity contribution in [2.75, 3.05) is 19.6 Å². The van der Waals surface area contributed by atoms with Crippen LogP contribution >= 0.6 is 0 Å². The van der Waals surface area contributed by atoms with E-state index >= 15 is 0 Å². The number of halogens is 2. The molecule has 0 aromatic heterocycles. The molecule has 2 aromatic rings. The van der Waals surface area contributed by atoms with Crippen molar-refractivity contribution < 1.29 is 8.78 Å². The van der Waals surface area contributed by atoms with Gasteiger partial charge >= 0.3 is 0 Å². The fourth-order valence-electron chi connectivity index (χ4n) is 3.26. The lowest BCUT2D eigenvalue weighted by molar-refractivity contribution is 0.162. The number of benzene rings is 2. The van der Waals surface area contributed by atoms with Gasteiger partial charge in [0.15, 0.2) is 0 Å². The molecule has 136 valence electrons. The molecule has 0 spiro atoms. The first-order chi connectivity index (χ1) is 12.2. The molecular weight excluding hydrogens is 318 g/mol. The third kappa shape index (κ3) is 5.10. The van der Waals surface area contributed by atoms with Gasteiger partial charge in [0, 0.05) is 25.7 Å². The summed E-state index contributed by atoms with van der Waals surface area (Å²) in [6.45, 7) is 8.94. The molecular formula is C21H28F2N2. The van der Waals surface area contributed by atoms with E-state index in [9.17, 15) is 8.78 Å². The molecule has 0 radical (unpaired) electrons. The molecule has 1 heterocycles. The van der Waals surface area contributed by atoms with E-state index < -0.39 is 0 Å². The zero-order chi connectivity index (χ0) is 18.2. The Balaban J connectivity index is 0.00000109. The van der Waals surface area contributed by atoms with E-state index in [0.29, 0.717) is 6.04 Å². The summed E-state index contributed by atoms with van der Waals surface area (Å²) in [5.74, 6) is -0.475. The first-order valence-electron chi connectivity index (χ1n) is 9.15. The van der Waals surface area contributed by atoms with Crippen LogP contribution < -0.4 is 5.32 Å². The van der Waals surface area contributed by atoms with Crippen LogP contribution in [0.15, 0.2) is 48.5 Å². The number of hydrogen-bond donors (Lipinski definition) is 1. The average Bonchev–Trinajstić information content (AvgIpc) is 2.67. The van der Waals surface area contributed by atoms with Crippen LogP contribution in [0.5, 0.6) is 0 Å². The molecule has 1 aliphatic heterocycles. The molecule has 0 saturated carbocycles. The second-order valence-corrected chi connectivity index (χ2v) is 6.06. The normalized spacial score (nSPS) is 17.9. The Kier molecular flexibility index (Phi) is 7.53. The SMILES string of the molecule is CC.CCC1CN(C(c2ccc(F)cc2)c2ccc(F)cc2)CCN1. The summed E-state index contributed by atoms with van der Waals surface area (Å²) in [5, 5.41) is 3.51. The molecule has 2 nitrogen and oxygen atoms in total. The van der Waals surface area contributed by atoms with Crippen LogP contribution in [0.25, 0.3) is 0 Å². The number of piperazine rings is 1.